The molecule has 12 N–H and O–H groups in total. The van der Waals surface area contributed by atoms with Gasteiger partial charge < -0.3 is 62.8 Å². The lowest BCUT2D eigenvalue weighted by atomic mass is 9.91. The summed E-state index contributed by atoms with van der Waals surface area (Å²) < 4.78 is 5.66. The highest BCUT2D eigenvalue weighted by Gasteiger charge is 2.25. The summed E-state index contributed by atoms with van der Waals surface area (Å²) in [7, 11) is 5.78. The van der Waals surface area contributed by atoms with Crippen molar-refractivity contribution < 1.29 is 4.79 Å². The molecule has 0 spiro atoms. The molecule has 516 valence electrons. The van der Waals surface area contributed by atoms with Gasteiger partial charge >= 0.3 is 0 Å². The number of nitrogens with one attached hydrogen (secondary N) is 6. The molecule has 12 aromatic rings. The highest BCUT2D eigenvalue weighted by Crippen LogP contribution is 2.30. The summed E-state index contributed by atoms with van der Waals surface area (Å²) in [5.41, 5.74) is 32.6. The lowest BCUT2D eigenvalue weighted by molar-refractivity contribution is -0.119. The smallest absolute Gasteiger partial charge is 0.227 e. The maximum atomic E-state index is 11.3. The van der Waals surface area contributed by atoms with Crippen LogP contribution < -0.4 is 49.1 Å². The monoisotopic (exact) mass is 1360 g/mol. The Hall–Kier alpha value is -10.4. The molecule has 0 radical (unpaired) electrons. The fourth-order valence-corrected chi connectivity index (χ4v) is 13.0. The van der Waals surface area contributed by atoms with Gasteiger partial charge in [-0.2, -0.15) is 29.9 Å². The molecule has 23 heteroatoms. The van der Waals surface area contributed by atoms with Crippen LogP contribution in [0.25, 0.3) is 66.9 Å². The van der Waals surface area contributed by atoms with Gasteiger partial charge in [-0.1, -0.05) is 164 Å². The van der Waals surface area contributed by atoms with Crippen LogP contribution in [0.3, 0.4) is 0 Å². The van der Waals surface area contributed by atoms with Crippen LogP contribution in [0.1, 0.15) is 101 Å². The second-order valence-corrected chi connectivity index (χ2v) is 26.6. The number of aryl methyl sites for hydroxylation is 3. The van der Waals surface area contributed by atoms with Gasteiger partial charge in [-0.3, -0.25) is 4.79 Å². The zero-order chi connectivity index (χ0) is 69.3. The van der Waals surface area contributed by atoms with Gasteiger partial charge in [0.15, 0.2) is 50.9 Å². The number of rotatable bonds is 17. The highest BCUT2D eigenvalue weighted by molar-refractivity contribution is 6.28. The molecule has 1 amide bonds. The van der Waals surface area contributed by atoms with E-state index in [9.17, 15) is 4.79 Å². The molecule has 15 rings (SSSR count). The first-order valence-electron chi connectivity index (χ1n) is 34.6. The average molecular weight is 1360 g/mol. The Balaban J connectivity index is 0.000000136. The minimum absolute atomic E-state index is 0.0387. The van der Waals surface area contributed by atoms with Gasteiger partial charge in [0.05, 0.1) is 19.0 Å². The van der Waals surface area contributed by atoms with Gasteiger partial charge in [0.2, 0.25) is 23.1 Å². The fraction of sp³-hybridized carbons (Fsp3) is 0.325. The molecular weight excluding hydrogens is 1270 g/mol. The Morgan fingerprint density at radius 2 is 0.680 bits per heavy atom. The number of hydrogen-bond acceptors (Lipinski definition) is 18. The molecule has 0 aliphatic heterocycles. The Kier molecular flexibility index (Phi) is 23.2. The molecule has 6 aromatic carbocycles. The minimum Gasteiger partial charge on any atom is -0.364 e. The predicted molar refractivity (Wildman–Crippen MR) is 403 cm³/mol. The summed E-state index contributed by atoms with van der Waals surface area (Å²) >= 11 is 6.02. The Labute approximate surface area is 588 Å². The first-order chi connectivity index (χ1) is 48.7. The van der Waals surface area contributed by atoms with Gasteiger partial charge in [0.1, 0.15) is 0 Å². The summed E-state index contributed by atoms with van der Waals surface area (Å²) in [6.07, 6.45) is 17.8. The predicted octanol–water partition coefficient (Wildman–Crippen LogP) is 13.3. The van der Waals surface area contributed by atoms with Crippen molar-refractivity contribution in [1.82, 2.24) is 63.9 Å². The average Bonchev–Trinajstić information content (AvgIpc) is 1.66. The fourth-order valence-electron chi connectivity index (χ4n) is 12.8. The summed E-state index contributed by atoms with van der Waals surface area (Å²) in [5, 5.41) is 20.5. The molecule has 3 aliphatic carbocycles. The number of fused-ring (bicyclic) bond motifs is 3. The van der Waals surface area contributed by atoms with E-state index in [4.69, 9.17) is 48.7 Å². The van der Waals surface area contributed by atoms with Crippen LogP contribution in [0.4, 0.5) is 29.4 Å². The van der Waals surface area contributed by atoms with E-state index in [1.807, 2.05) is 65.2 Å². The van der Waals surface area contributed by atoms with E-state index in [2.05, 4.69) is 190 Å². The van der Waals surface area contributed by atoms with E-state index < -0.39 is 0 Å². The Morgan fingerprint density at radius 3 is 1.02 bits per heavy atom. The molecule has 6 aromatic heterocycles. The molecule has 6 heterocycles. The Morgan fingerprint density at radius 1 is 0.390 bits per heavy atom. The Bertz CT molecular complexity index is 4560. The number of aromatic nitrogens is 12. The van der Waals surface area contributed by atoms with Crippen molar-refractivity contribution in [2.24, 2.45) is 38.3 Å². The van der Waals surface area contributed by atoms with Crippen molar-refractivity contribution in [3.8, 4) is 33.4 Å². The minimum atomic E-state index is 0.0387. The van der Waals surface area contributed by atoms with Crippen molar-refractivity contribution in [3.63, 3.8) is 0 Å². The number of anilines is 5. The molecular formula is C77H90ClN21O. The highest BCUT2D eigenvalue weighted by atomic mass is 35.5. The molecule has 0 saturated heterocycles. The van der Waals surface area contributed by atoms with Gasteiger partial charge in [-0.15, -0.1) is 0 Å². The maximum Gasteiger partial charge on any atom is 0.227 e. The second-order valence-electron chi connectivity index (χ2n) is 26.3. The number of carbonyl (C=O) groups is 1. The van der Waals surface area contributed by atoms with Crippen molar-refractivity contribution in [2.75, 3.05) is 26.6 Å². The summed E-state index contributed by atoms with van der Waals surface area (Å²) in [6, 6.07) is 58.8. The van der Waals surface area contributed by atoms with Crippen molar-refractivity contribution in [3.05, 3.63) is 205 Å². The standard InChI is InChI=1S/C27H31N7O.C25H29N7.C19H16ClN5.C6H14N2/c1-18(35)30-22-12-14-23(15-13-22)31-27-32-25(24-26(33-27)34(2)17-29-24)28-16-19-8-10-21(11-9-19)20-6-4-3-5-7-20;1-32-16-28-22-23(30-25(31-24(22)32)29-21-13-11-20(26)12-14-21)27-15-17-7-9-19(10-8-17)18-5-3-2-4-6-18;1-25-12-22-16-17(23-19(20)24-18(16)25)21-11-13-7-9-15(10-8-13)14-5-3-2-4-6-14;7-5-1-2-6(8)4-3-5/h3-11,17,22-23H,12-16H2,1-2H3,(H,30,35)(H2,28,31,32,33);2-10,16,20-21H,11-15,26H2,1H3,(H2,27,29,30,31);2-10,12H,11H2,1H3,(H,21,23,24);5-6H,1-4,7-8H2. The van der Waals surface area contributed by atoms with Crippen LogP contribution in [-0.2, 0) is 45.6 Å². The van der Waals surface area contributed by atoms with Crippen LogP contribution in [0, 0.1) is 0 Å². The topological polar surface area (TPSA) is 298 Å². The summed E-state index contributed by atoms with van der Waals surface area (Å²) in [5.74, 6) is 3.39. The zero-order valence-corrected chi connectivity index (χ0v) is 58.0. The van der Waals surface area contributed by atoms with E-state index in [0.29, 0.717) is 72.7 Å². The first-order valence-corrected chi connectivity index (χ1v) is 35.0. The van der Waals surface area contributed by atoms with Gasteiger partial charge in [-0.25, -0.2) is 15.0 Å². The quantitative estimate of drug-likeness (QED) is 0.0383. The lowest BCUT2D eigenvalue weighted by Gasteiger charge is -2.29. The van der Waals surface area contributed by atoms with Gasteiger partial charge in [0.25, 0.3) is 0 Å². The van der Waals surface area contributed by atoms with Crippen LogP contribution in [-0.4, -0.2) is 101 Å². The molecule has 0 unspecified atom stereocenters. The lowest BCUT2D eigenvalue weighted by Crippen LogP contribution is -2.39. The number of hydrogen-bond donors (Lipinski definition) is 9. The number of carbonyl (C=O) groups excluding carboxylic acids is 1. The van der Waals surface area contributed by atoms with Crippen molar-refractivity contribution in [1.29, 1.82) is 0 Å². The molecule has 22 nitrogen and oxygen atoms in total. The second kappa shape index (κ2) is 33.4. The molecule has 100 heavy (non-hydrogen) atoms. The third-order valence-electron chi connectivity index (χ3n) is 18.6. The zero-order valence-electron chi connectivity index (χ0n) is 57.3. The molecule has 3 saturated carbocycles. The number of nitrogens with two attached hydrogens (primary N) is 3. The van der Waals surface area contributed by atoms with Gasteiger partial charge in [-0.05, 0) is 139 Å². The molecule has 3 fully saturated rings. The van der Waals surface area contributed by atoms with E-state index in [0.717, 1.165) is 122 Å². The summed E-state index contributed by atoms with van der Waals surface area (Å²) in [4.78, 5) is 52.2. The third-order valence-corrected chi connectivity index (χ3v) is 18.8. The molecule has 0 bridgehead atoms. The van der Waals surface area contributed by atoms with Crippen LogP contribution in [0.15, 0.2) is 183 Å². The van der Waals surface area contributed by atoms with Crippen molar-refractivity contribution in [2.45, 2.75) is 140 Å². The summed E-state index contributed by atoms with van der Waals surface area (Å²) in [6.45, 7) is 3.51. The number of amides is 1. The first kappa shape index (κ1) is 69.5. The normalized spacial score (nSPS) is 18.1. The maximum absolute atomic E-state index is 11.3. The van der Waals surface area contributed by atoms with Crippen LogP contribution >= 0.6 is 11.6 Å². The third kappa shape index (κ3) is 18.7. The van der Waals surface area contributed by atoms with Crippen molar-refractivity contribution >= 4 is 80.4 Å². The van der Waals surface area contributed by atoms with E-state index >= 15 is 0 Å². The van der Waals surface area contributed by atoms with E-state index in [1.165, 1.54) is 38.9 Å². The van der Waals surface area contributed by atoms with E-state index in [1.54, 1.807) is 25.9 Å². The van der Waals surface area contributed by atoms with E-state index in [-0.39, 0.29) is 23.3 Å². The van der Waals surface area contributed by atoms with Crippen LogP contribution in [0.2, 0.25) is 5.28 Å². The number of benzene rings is 6. The van der Waals surface area contributed by atoms with Crippen LogP contribution in [0.5, 0.6) is 0 Å². The number of halogens is 1. The SMILES string of the molecule is CC(=O)NC1CCC(Nc2nc(NCc3ccc(-c4ccccc4)cc3)c3ncn(C)c3n2)CC1.Cn1cnc2c(NCc3ccc(-c4ccccc4)cc3)nc(Cl)nc21.Cn1cnc2c(NCc3ccc(-c4ccccc4)cc3)nc(NC3CCC(N)CC3)nc21.NC1CCC(N)CC1. The largest absolute Gasteiger partial charge is 0.364 e. The molecule has 0 atom stereocenters. The number of imidazole rings is 3. The van der Waals surface area contributed by atoms with Gasteiger partial charge in [0, 0.05) is 84.0 Å². The molecule has 3 aliphatic rings. The number of nitrogens with zero attached hydrogens (tertiary/aromatic N) is 12.